The molecule has 23 heavy (non-hydrogen) atoms. The summed E-state index contributed by atoms with van der Waals surface area (Å²) in [5, 5.41) is 6.13. The fraction of sp³-hybridized carbons (Fsp3) is 0.136. The Morgan fingerprint density at radius 3 is 2.65 bits per heavy atom. The van der Waals surface area contributed by atoms with Crippen molar-refractivity contribution in [3.8, 4) is 0 Å². The van der Waals surface area contributed by atoms with E-state index >= 15 is 0 Å². The third-order valence-corrected chi connectivity index (χ3v) is 5.28. The zero-order valence-corrected chi connectivity index (χ0v) is 13.2. The standard InChI is InChI=1S/C22H16O/c1-12-11-13(2)19-16-7-3-5-14-9-10-18(23)22(20(14)16)17-8-4-6-15(12)21(17)19/h3-11,14H,1-2H3. The number of carbonyl (C=O) groups is 1. The molecule has 0 spiro atoms. The molecule has 1 nitrogen and oxygen atoms in total. The van der Waals surface area contributed by atoms with E-state index in [2.05, 4.69) is 56.3 Å². The molecule has 1 heteroatoms. The zero-order valence-electron chi connectivity index (χ0n) is 13.2. The Balaban J connectivity index is 2.20. The van der Waals surface area contributed by atoms with E-state index in [-0.39, 0.29) is 11.7 Å². The molecule has 0 heterocycles. The van der Waals surface area contributed by atoms with E-state index < -0.39 is 0 Å². The lowest BCUT2D eigenvalue weighted by molar-refractivity contribution is 0.104. The Morgan fingerprint density at radius 1 is 0.957 bits per heavy atom. The minimum atomic E-state index is 0.134. The molecule has 0 saturated carbocycles. The van der Waals surface area contributed by atoms with Crippen LogP contribution in [0, 0.1) is 13.8 Å². The highest BCUT2D eigenvalue weighted by molar-refractivity contribution is 6.23. The van der Waals surface area contributed by atoms with Crippen molar-refractivity contribution in [1.29, 1.82) is 0 Å². The summed E-state index contributed by atoms with van der Waals surface area (Å²) in [6.45, 7) is 4.33. The first-order chi connectivity index (χ1) is 11.2. The normalized spacial score (nSPS) is 18.5. The Kier molecular flexibility index (Phi) is 2.34. The van der Waals surface area contributed by atoms with E-state index in [0.717, 1.165) is 10.9 Å². The average molecular weight is 296 g/mol. The van der Waals surface area contributed by atoms with Gasteiger partial charge in [-0.15, -0.1) is 0 Å². The summed E-state index contributed by atoms with van der Waals surface area (Å²) in [5.41, 5.74) is 4.65. The van der Waals surface area contributed by atoms with Crippen molar-refractivity contribution in [1.82, 2.24) is 0 Å². The Labute approximate surface area is 134 Å². The van der Waals surface area contributed by atoms with Gasteiger partial charge in [-0.05, 0) is 63.4 Å². The van der Waals surface area contributed by atoms with E-state index in [1.165, 1.54) is 38.1 Å². The van der Waals surface area contributed by atoms with Crippen molar-refractivity contribution in [2.24, 2.45) is 0 Å². The second-order valence-corrected chi connectivity index (χ2v) is 6.62. The molecule has 0 aliphatic heterocycles. The summed E-state index contributed by atoms with van der Waals surface area (Å²) in [6, 6.07) is 8.62. The van der Waals surface area contributed by atoms with Crippen LogP contribution in [-0.2, 0) is 0 Å². The quantitative estimate of drug-likeness (QED) is 0.596. The van der Waals surface area contributed by atoms with Gasteiger partial charge in [0.25, 0.3) is 0 Å². The molecule has 0 amide bonds. The van der Waals surface area contributed by atoms with Gasteiger partial charge in [-0.2, -0.15) is 0 Å². The lowest BCUT2D eigenvalue weighted by Gasteiger charge is -2.25. The number of aryl methyl sites for hydroxylation is 2. The van der Waals surface area contributed by atoms with E-state index in [9.17, 15) is 4.79 Å². The molecule has 3 aromatic carbocycles. The number of fused-ring (bicyclic) bond motifs is 2. The highest BCUT2D eigenvalue weighted by Crippen LogP contribution is 2.38. The van der Waals surface area contributed by atoms with Crippen molar-refractivity contribution < 1.29 is 4.79 Å². The van der Waals surface area contributed by atoms with Gasteiger partial charge in [0.1, 0.15) is 0 Å². The van der Waals surface area contributed by atoms with Crippen LogP contribution < -0.4 is 5.22 Å². The summed E-state index contributed by atoms with van der Waals surface area (Å²) < 4.78 is 0. The fourth-order valence-corrected chi connectivity index (χ4v) is 4.38. The number of hydrogen-bond donors (Lipinski definition) is 0. The Bertz CT molecular complexity index is 1140. The summed E-state index contributed by atoms with van der Waals surface area (Å²) >= 11 is 0. The Hall–Kier alpha value is -2.67. The minimum absolute atomic E-state index is 0.134. The molecule has 1 unspecified atom stereocenters. The van der Waals surface area contributed by atoms with Gasteiger partial charge < -0.3 is 0 Å². The van der Waals surface area contributed by atoms with Crippen molar-refractivity contribution in [2.75, 3.05) is 0 Å². The number of carbonyl (C=O) groups excluding carboxylic acids is 1. The van der Waals surface area contributed by atoms with Crippen LogP contribution in [0.1, 0.15) is 33.0 Å². The molecule has 0 saturated heterocycles. The molecular weight excluding hydrogens is 280 g/mol. The highest BCUT2D eigenvalue weighted by atomic mass is 16.1. The van der Waals surface area contributed by atoms with Gasteiger partial charge in [0.05, 0.1) is 0 Å². The maximum atomic E-state index is 12.7. The van der Waals surface area contributed by atoms with Gasteiger partial charge in [0.15, 0.2) is 5.78 Å². The van der Waals surface area contributed by atoms with Crippen LogP contribution in [0.5, 0.6) is 0 Å². The molecule has 0 aromatic heterocycles. The number of ketones is 1. The highest BCUT2D eigenvalue weighted by Gasteiger charge is 2.27. The molecule has 2 aliphatic carbocycles. The third-order valence-electron chi connectivity index (χ3n) is 5.28. The van der Waals surface area contributed by atoms with Crippen LogP contribution in [0.25, 0.3) is 27.6 Å². The van der Waals surface area contributed by atoms with Crippen molar-refractivity contribution >= 4 is 33.4 Å². The fourth-order valence-electron chi connectivity index (χ4n) is 4.38. The number of rotatable bonds is 0. The number of benzene rings is 3. The van der Waals surface area contributed by atoms with Gasteiger partial charge >= 0.3 is 0 Å². The average Bonchev–Trinajstić information content (AvgIpc) is 2.55. The van der Waals surface area contributed by atoms with Crippen molar-refractivity contribution in [3.05, 3.63) is 76.0 Å². The molecule has 1 atom stereocenters. The molecule has 5 rings (SSSR count). The summed E-state index contributed by atoms with van der Waals surface area (Å²) in [5.74, 6) is 0.349. The monoisotopic (exact) mass is 296 g/mol. The maximum Gasteiger partial charge on any atom is 0.186 e. The predicted octanol–water partition coefficient (Wildman–Crippen LogP) is 4.52. The largest absolute Gasteiger partial charge is 0.289 e. The SMILES string of the molecule is Cc1cc(C)c2c3c4c(c5cccc1c52)C(=O)C=CC4C=CC=3. The van der Waals surface area contributed by atoms with E-state index in [0.29, 0.717) is 0 Å². The zero-order chi connectivity index (χ0) is 15.7. The lowest BCUT2D eigenvalue weighted by Crippen LogP contribution is -2.24. The second kappa shape index (κ2) is 4.20. The first-order valence-corrected chi connectivity index (χ1v) is 8.06. The predicted molar refractivity (Wildman–Crippen MR) is 96.0 cm³/mol. The van der Waals surface area contributed by atoms with Gasteiger partial charge in [-0.3, -0.25) is 4.79 Å². The summed E-state index contributed by atoms with van der Waals surface area (Å²) in [4.78, 5) is 12.7. The first kappa shape index (κ1) is 12.8. The smallest absolute Gasteiger partial charge is 0.186 e. The van der Waals surface area contributed by atoms with Crippen LogP contribution in [-0.4, -0.2) is 5.78 Å². The third kappa shape index (κ3) is 1.49. The van der Waals surface area contributed by atoms with Crippen LogP contribution in [0.3, 0.4) is 0 Å². The first-order valence-electron chi connectivity index (χ1n) is 8.06. The molecule has 0 bridgehead atoms. The summed E-state index contributed by atoms with van der Waals surface area (Å²) in [6.07, 6.45) is 10.2. The topological polar surface area (TPSA) is 17.1 Å². The molecule has 0 N–H and O–H groups in total. The number of allylic oxidation sites excluding steroid dienone is 4. The van der Waals surface area contributed by atoms with Crippen LogP contribution in [0.15, 0.2) is 48.6 Å². The molecule has 3 aromatic rings. The Morgan fingerprint density at radius 2 is 1.78 bits per heavy atom. The van der Waals surface area contributed by atoms with E-state index in [4.69, 9.17) is 0 Å². The van der Waals surface area contributed by atoms with Crippen LogP contribution >= 0.6 is 0 Å². The van der Waals surface area contributed by atoms with Gasteiger partial charge in [0, 0.05) is 11.5 Å². The van der Waals surface area contributed by atoms with Gasteiger partial charge in [-0.1, -0.05) is 48.6 Å². The van der Waals surface area contributed by atoms with Crippen molar-refractivity contribution in [2.45, 2.75) is 19.8 Å². The van der Waals surface area contributed by atoms with Crippen molar-refractivity contribution in [3.63, 3.8) is 0 Å². The number of hydrogen-bond acceptors (Lipinski definition) is 1. The van der Waals surface area contributed by atoms with Crippen LogP contribution in [0.4, 0.5) is 0 Å². The lowest BCUT2D eigenvalue weighted by atomic mass is 9.77. The summed E-state index contributed by atoms with van der Waals surface area (Å²) in [7, 11) is 0. The molecule has 0 radical (unpaired) electrons. The van der Waals surface area contributed by atoms with Gasteiger partial charge in [-0.25, -0.2) is 0 Å². The molecule has 2 aliphatic rings. The molecular formula is C22H16O. The van der Waals surface area contributed by atoms with Crippen LogP contribution in [0.2, 0.25) is 0 Å². The maximum absolute atomic E-state index is 12.7. The second-order valence-electron chi connectivity index (χ2n) is 6.62. The van der Waals surface area contributed by atoms with Gasteiger partial charge in [0.2, 0.25) is 0 Å². The minimum Gasteiger partial charge on any atom is -0.289 e. The van der Waals surface area contributed by atoms with E-state index in [1.807, 2.05) is 6.08 Å². The molecule has 110 valence electrons. The molecule has 0 fully saturated rings. The van der Waals surface area contributed by atoms with E-state index in [1.54, 1.807) is 6.08 Å².